The standard InChI is InChI=1S/C24H25FN2O5/c1-15(28)18-12-21-22(32-14-31-21)13-20(18)26-23(29)10-16-6-8-27(9-7-16)24(30)11-17-4-2-3-5-19(17)25/h2-5,12-13,16H,6-11,14H2,1H3,(H,26,29). The van der Waals surface area contributed by atoms with Gasteiger partial charge >= 0.3 is 0 Å². The Kier molecular flexibility index (Phi) is 6.39. The molecule has 0 saturated carbocycles. The Morgan fingerprint density at radius 3 is 2.47 bits per heavy atom. The van der Waals surface area contributed by atoms with Gasteiger partial charge in [-0.2, -0.15) is 0 Å². The van der Waals surface area contributed by atoms with Crippen molar-refractivity contribution < 1.29 is 28.2 Å². The van der Waals surface area contributed by atoms with Crippen LogP contribution >= 0.6 is 0 Å². The molecule has 32 heavy (non-hydrogen) atoms. The first-order valence-corrected chi connectivity index (χ1v) is 10.7. The quantitative estimate of drug-likeness (QED) is 0.695. The summed E-state index contributed by atoms with van der Waals surface area (Å²) in [5, 5.41) is 2.82. The molecule has 2 aliphatic rings. The monoisotopic (exact) mass is 440 g/mol. The minimum absolute atomic E-state index is 0.0375. The highest BCUT2D eigenvalue weighted by Crippen LogP contribution is 2.37. The average Bonchev–Trinajstić information content (AvgIpc) is 3.22. The Balaban J connectivity index is 1.30. The molecule has 2 aliphatic heterocycles. The number of amides is 2. The summed E-state index contributed by atoms with van der Waals surface area (Å²) in [7, 11) is 0. The second-order valence-corrected chi connectivity index (χ2v) is 8.15. The topological polar surface area (TPSA) is 84.9 Å². The van der Waals surface area contributed by atoms with Gasteiger partial charge in [0, 0.05) is 31.1 Å². The van der Waals surface area contributed by atoms with E-state index in [-0.39, 0.29) is 42.5 Å². The summed E-state index contributed by atoms with van der Waals surface area (Å²) in [5.74, 6) is 0.253. The Labute approximate surface area is 185 Å². The number of nitrogens with one attached hydrogen (secondary N) is 1. The van der Waals surface area contributed by atoms with E-state index in [4.69, 9.17) is 9.47 Å². The number of fused-ring (bicyclic) bond motifs is 1. The lowest BCUT2D eigenvalue weighted by atomic mass is 9.92. The molecular weight excluding hydrogens is 415 g/mol. The lowest BCUT2D eigenvalue weighted by Crippen LogP contribution is -2.40. The van der Waals surface area contributed by atoms with Crippen molar-refractivity contribution in [2.75, 3.05) is 25.2 Å². The Morgan fingerprint density at radius 1 is 1.09 bits per heavy atom. The molecule has 4 rings (SSSR count). The minimum atomic E-state index is -0.374. The molecule has 2 amide bonds. The van der Waals surface area contributed by atoms with Gasteiger partial charge in [-0.25, -0.2) is 4.39 Å². The predicted molar refractivity (Wildman–Crippen MR) is 115 cm³/mol. The summed E-state index contributed by atoms with van der Waals surface area (Å²) in [6, 6.07) is 9.48. The number of anilines is 1. The van der Waals surface area contributed by atoms with Gasteiger partial charge in [-0.1, -0.05) is 18.2 Å². The van der Waals surface area contributed by atoms with Gasteiger partial charge in [-0.3, -0.25) is 14.4 Å². The van der Waals surface area contributed by atoms with Crippen molar-refractivity contribution >= 4 is 23.3 Å². The highest BCUT2D eigenvalue weighted by molar-refractivity contribution is 6.04. The molecule has 0 radical (unpaired) electrons. The summed E-state index contributed by atoms with van der Waals surface area (Å²) in [5.41, 5.74) is 1.17. The second-order valence-electron chi connectivity index (χ2n) is 8.15. The molecule has 168 valence electrons. The lowest BCUT2D eigenvalue weighted by Gasteiger charge is -2.32. The molecule has 8 heteroatoms. The summed E-state index contributed by atoms with van der Waals surface area (Å²) >= 11 is 0. The zero-order valence-electron chi connectivity index (χ0n) is 17.9. The molecule has 2 aromatic rings. The number of rotatable bonds is 6. The van der Waals surface area contributed by atoms with Crippen LogP contribution in [0, 0.1) is 11.7 Å². The second kappa shape index (κ2) is 9.38. The van der Waals surface area contributed by atoms with Crippen LogP contribution in [0.2, 0.25) is 0 Å². The fourth-order valence-corrected chi connectivity index (χ4v) is 4.10. The van der Waals surface area contributed by atoms with E-state index in [9.17, 15) is 18.8 Å². The molecule has 1 fully saturated rings. The SMILES string of the molecule is CC(=O)c1cc2c(cc1NC(=O)CC1CCN(C(=O)Cc3ccccc3F)CC1)OCO2. The van der Waals surface area contributed by atoms with Crippen LogP contribution in [-0.4, -0.2) is 42.4 Å². The molecule has 2 heterocycles. The summed E-state index contributed by atoms with van der Waals surface area (Å²) in [6.07, 6.45) is 1.71. The summed E-state index contributed by atoms with van der Waals surface area (Å²) < 4.78 is 24.4. The van der Waals surface area contributed by atoms with E-state index < -0.39 is 0 Å². The van der Waals surface area contributed by atoms with E-state index in [1.54, 1.807) is 35.2 Å². The van der Waals surface area contributed by atoms with E-state index in [1.165, 1.54) is 13.0 Å². The molecule has 0 aliphatic carbocycles. The van der Waals surface area contributed by atoms with Gasteiger partial charge < -0.3 is 19.7 Å². The molecule has 0 atom stereocenters. The third-order valence-corrected chi connectivity index (χ3v) is 5.91. The smallest absolute Gasteiger partial charge is 0.231 e. The Hall–Kier alpha value is -3.42. The van der Waals surface area contributed by atoms with Gasteiger partial charge in [0.25, 0.3) is 0 Å². The Bertz CT molecular complexity index is 1050. The number of hydrogen-bond acceptors (Lipinski definition) is 5. The van der Waals surface area contributed by atoms with E-state index in [2.05, 4.69) is 5.32 Å². The van der Waals surface area contributed by atoms with Crippen LogP contribution < -0.4 is 14.8 Å². The normalized spacial score (nSPS) is 15.5. The van der Waals surface area contributed by atoms with E-state index >= 15 is 0 Å². The van der Waals surface area contributed by atoms with Crippen LogP contribution in [0.5, 0.6) is 11.5 Å². The number of carbonyl (C=O) groups excluding carboxylic acids is 3. The fraction of sp³-hybridized carbons (Fsp3) is 0.375. The van der Waals surface area contributed by atoms with Gasteiger partial charge in [-0.15, -0.1) is 0 Å². The van der Waals surface area contributed by atoms with E-state index in [0.29, 0.717) is 60.7 Å². The van der Waals surface area contributed by atoms with Crippen molar-refractivity contribution in [3.63, 3.8) is 0 Å². The first kappa shape index (κ1) is 21.8. The van der Waals surface area contributed by atoms with E-state index in [1.807, 2.05) is 0 Å². The van der Waals surface area contributed by atoms with Crippen molar-refractivity contribution in [3.05, 3.63) is 53.3 Å². The van der Waals surface area contributed by atoms with Crippen LogP contribution in [0.15, 0.2) is 36.4 Å². The number of halogens is 1. The predicted octanol–water partition coefficient (Wildman–Crippen LogP) is 3.57. The number of benzene rings is 2. The van der Waals surface area contributed by atoms with Crippen LogP contribution in [-0.2, 0) is 16.0 Å². The third-order valence-electron chi connectivity index (χ3n) is 5.91. The largest absolute Gasteiger partial charge is 0.454 e. The summed E-state index contributed by atoms with van der Waals surface area (Å²) in [6.45, 7) is 2.58. The maximum absolute atomic E-state index is 13.8. The Morgan fingerprint density at radius 2 is 1.78 bits per heavy atom. The van der Waals surface area contributed by atoms with Crippen LogP contribution in [0.25, 0.3) is 0 Å². The van der Waals surface area contributed by atoms with Gasteiger partial charge in [0.2, 0.25) is 18.6 Å². The van der Waals surface area contributed by atoms with Crippen LogP contribution in [0.1, 0.15) is 42.1 Å². The maximum atomic E-state index is 13.8. The van der Waals surface area contributed by atoms with E-state index in [0.717, 1.165) is 0 Å². The number of hydrogen-bond donors (Lipinski definition) is 1. The number of ether oxygens (including phenoxy) is 2. The minimum Gasteiger partial charge on any atom is -0.454 e. The summed E-state index contributed by atoms with van der Waals surface area (Å²) in [4.78, 5) is 38.9. The molecule has 0 unspecified atom stereocenters. The maximum Gasteiger partial charge on any atom is 0.231 e. The zero-order chi connectivity index (χ0) is 22.7. The van der Waals surface area contributed by atoms with Gasteiger partial charge in [0.05, 0.1) is 12.1 Å². The molecule has 2 aromatic carbocycles. The molecule has 0 spiro atoms. The number of piperidine rings is 1. The van der Waals surface area contributed by atoms with Crippen molar-refractivity contribution in [1.82, 2.24) is 4.90 Å². The highest BCUT2D eigenvalue weighted by Gasteiger charge is 2.26. The fourth-order valence-electron chi connectivity index (χ4n) is 4.10. The number of ketones is 1. The van der Waals surface area contributed by atoms with Crippen molar-refractivity contribution in [3.8, 4) is 11.5 Å². The first-order chi connectivity index (χ1) is 15.4. The number of likely N-dealkylation sites (tertiary alicyclic amines) is 1. The molecule has 7 nitrogen and oxygen atoms in total. The molecule has 0 bridgehead atoms. The average molecular weight is 440 g/mol. The van der Waals surface area contributed by atoms with Gasteiger partial charge in [0.1, 0.15) is 5.82 Å². The van der Waals surface area contributed by atoms with Crippen LogP contribution in [0.4, 0.5) is 10.1 Å². The van der Waals surface area contributed by atoms with Gasteiger partial charge in [-0.05, 0) is 43.4 Å². The molecular formula is C24H25FN2O5. The van der Waals surface area contributed by atoms with Crippen molar-refractivity contribution in [1.29, 1.82) is 0 Å². The van der Waals surface area contributed by atoms with Crippen LogP contribution in [0.3, 0.4) is 0 Å². The number of nitrogens with zero attached hydrogens (tertiary/aromatic N) is 1. The number of carbonyl (C=O) groups is 3. The van der Waals surface area contributed by atoms with Crippen molar-refractivity contribution in [2.45, 2.75) is 32.6 Å². The third kappa shape index (κ3) is 4.90. The number of Topliss-reactive ketones (excluding diaryl/α,β-unsaturated/α-hetero) is 1. The molecule has 1 saturated heterocycles. The van der Waals surface area contributed by atoms with Crippen molar-refractivity contribution in [2.24, 2.45) is 5.92 Å². The molecule has 0 aromatic heterocycles. The first-order valence-electron chi connectivity index (χ1n) is 10.7. The lowest BCUT2D eigenvalue weighted by molar-refractivity contribution is -0.132. The zero-order valence-corrected chi connectivity index (χ0v) is 17.9. The highest BCUT2D eigenvalue weighted by atomic mass is 19.1. The van der Waals surface area contributed by atoms with Gasteiger partial charge in [0.15, 0.2) is 17.3 Å². The molecule has 1 N–H and O–H groups in total.